The molecule has 0 bridgehead atoms. The van der Waals surface area contributed by atoms with Gasteiger partial charge in [0.1, 0.15) is 12.4 Å². The van der Waals surface area contributed by atoms with Gasteiger partial charge in [-0.15, -0.1) is 0 Å². The van der Waals surface area contributed by atoms with Crippen LogP contribution in [-0.4, -0.2) is 18.4 Å². The van der Waals surface area contributed by atoms with E-state index in [9.17, 15) is 9.59 Å². The Bertz CT molecular complexity index is 574. The number of ether oxygens (including phenoxy) is 2. The summed E-state index contributed by atoms with van der Waals surface area (Å²) in [5.41, 5.74) is 1.72. The van der Waals surface area contributed by atoms with Crippen LogP contribution >= 0.6 is 0 Å². The van der Waals surface area contributed by atoms with Crippen molar-refractivity contribution in [1.82, 2.24) is 0 Å². The molecule has 1 aliphatic rings. The van der Waals surface area contributed by atoms with Gasteiger partial charge in [0.25, 0.3) is 0 Å². The minimum atomic E-state index is -0.270. The van der Waals surface area contributed by atoms with Crippen LogP contribution in [0, 0.1) is 5.92 Å². The van der Waals surface area contributed by atoms with Crippen molar-refractivity contribution in [2.75, 3.05) is 6.61 Å². The molecule has 0 saturated heterocycles. The largest absolute Gasteiger partial charge is 0.493 e. The van der Waals surface area contributed by atoms with Crippen LogP contribution in [0.25, 0.3) is 0 Å². The monoisotopic (exact) mass is 316 g/mol. The molecule has 4 nitrogen and oxygen atoms in total. The molecule has 1 atom stereocenters. The molecule has 0 aliphatic heterocycles. The Labute approximate surface area is 137 Å². The van der Waals surface area contributed by atoms with Crippen LogP contribution < -0.4 is 0 Å². The minimum absolute atomic E-state index is 0.0936. The lowest BCUT2D eigenvalue weighted by atomic mass is 9.86. The van der Waals surface area contributed by atoms with Crippen molar-refractivity contribution in [3.05, 3.63) is 47.2 Å². The molecule has 23 heavy (non-hydrogen) atoms. The molecule has 1 aromatic rings. The van der Waals surface area contributed by atoms with Gasteiger partial charge < -0.3 is 9.47 Å². The Morgan fingerprint density at radius 3 is 2.65 bits per heavy atom. The average molecular weight is 316 g/mol. The zero-order valence-electron chi connectivity index (χ0n) is 13.8. The van der Waals surface area contributed by atoms with E-state index in [1.807, 2.05) is 37.3 Å². The average Bonchev–Trinajstić information content (AvgIpc) is 2.53. The molecule has 4 heteroatoms. The van der Waals surface area contributed by atoms with E-state index in [4.69, 9.17) is 9.47 Å². The third-order valence-corrected chi connectivity index (χ3v) is 3.88. The second-order valence-electron chi connectivity index (χ2n) is 5.92. The fraction of sp³-hybridized carbons (Fsp3) is 0.474. The Kier molecular flexibility index (Phi) is 6.39. The quantitative estimate of drug-likeness (QED) is 0.718. The van der Waals surface area contributed by atoms with Crippen LogP contribution in [0.2, 0.25) is 0 Å². The van der Waals surface area contributed by atoms with Gasteiger partial charge in [0.15, 0.2) is 5.78 Å². The first-order chi connectivity index (χ1) is 11.1. The summed E-state index contributed by atoms with van der Waals surface area (Å²) in [5.74, 6) is 0.839. The number of hydrogen-bond acceptors (Lipinski definition) is 4. The summed E-state index contributed by atoms with van der Waals surface area (Å²) in [6, 6.07) is 9.87. The maximum atomic E-state index is 12.3. The lowest BCUT2D eigenvalue weighted by Gasteiger charge is -2.24. The van der Waals surface area contributed by atoms with Gasteiger partial charge in [-0.1, -0.05) is 37.3 Å². The van der Waals surface area contributed by atoms with Crippen LogP contribution in [0.1, 0.15) is 45.1 Å². The van der Waals surface area contributed by atoms with E-state index < -0.39 is 0 Å². The molecule has 2 rings (SSSR count). The van der Waals surface area contributed by atoms with Gasteiger partial charge in [-0.25, -0.2) is 0 Å². The van der Waals surface area contributed by atoms with Crippen LogP contribution in [-0.2, 0) is 25.7 Å². The normalized spacial score (nSPS) is 18.0. The smallest absolute Gasteiger partial charge is 0.306 e. The molecule has 0 aromatic heterocycles. The van der Waals surface area contributed by atoms with Crippen LogP contribution in [0.5, 0.6) is 0 Å². The number of carbonyl (C=O) groups is 2. The molecule has 0 spiro atoms. The molecule has 1 aliphatic carbocycles. The number of rotatable bonds is 7. The second-order valence-corrected chi connectivity index (χ2v) is 5.92. The Hall–Kier alpha value is -2.10. The third-order valence-electron chi connectivity index (χ3n) is 3.88. The van der Waals surface area contributed by atoms with Crippen LogP contribution in [0.4, 0.5) is 0 Å². The van der Waals surface area contributed by atoms with Gasteiger partial charge in [0, 0.05) is 24.8 Å². The maximum Gasteiger partial charge on any atom is 0.306 e. The molecule has 0 amide bonds. The summed E-state index contributed by atoms with van der Waals surface area (Å²) in [4.78, 5) is 23.9. The molecule has 0 saturated carbocycles. The van der Waals surface area contributed by atoms with Crippen molar-refractivity contribution in [2.45, 2.75) is 46.1 Å². The number of Topliss-reactive ketones (excluding diaryl/α,β-unsaturated/α-hetero) is 1. The highest BCUT2D eigenvalue weighted by Gasteiger charge is 2.26. The predicted molar refractivity (Wildman–Crippen MR) is 87.5 cm³/mol. The number of allylic oxidation sites excluding steroid dienone is 2. The SMILES string of the molecule is CCOC(=O)CCC1=C(OCc2ccccc2)CC(C)CC1=O. The van der Waals surface area contributed by atoms with Crippen molar-refractivity contribution >= 4 is 11.8 Å². The summed E-state index contributed by atoms with van der Waals surface area (Å²) in [5, 5.41) is 0. The fourth-order valence-corrected chi connectivity index (χ4v) is 2.74. The zero-order valence-corrected chi connectivity index (χ0v) is 13.8. The first kappa shape index (κ1) is 17.3. The van der Waals surface area contributed by atoms with Crippen LogP contribution in [0.15, 0.2) is 41.7 Å². The van der Waals surface area contributed by atoms with E-state index in [-0.39, 0.29) is 24.1 Å². The lowest BCUT2D eigenvalue weighted by Crippen LogP contribution is -2.20. The molecule has 1 unspecified atom stereocenters. The van der Waals surface area contributed by atoms with E-state index in [1.165, 1.54) is 0 Å². The van der Waals surface area contributed by atoms with Crippen molar-refractivity contribution < 1.29 is 19.1 Å². The molecule has 0 fully saturated rings. The standard InChI is InChI=1S/C19H24O4/c1-3-22-19(21)10-9-16-17(20)11-14(2)12-18(16)23-13-15-7-5-4-6-8-15/h4-8,14H,3,9-13H2,1-2H3. The van der Waals surface area contributed by atoms with Crippen molar-refractivity contribution in [3.8, 4) is 0 Å². The fourth-order valence-electron chi connectivity index (χ4n) is 2.74. The lowest BCUT2D eigenvalue weighted by molar-refractivity contribution is -0.143. The van der Waals surface area contributed by atoms with E-state index in [1.54, 1.807) is 6.92 Å². The Morgan fingerprint density at radius 1 is 1.22 bits per heavy atom. The first-order valence-corrected chi connectivity index (χ1v) is 8.17. The van der Waals surface area contributed by atoms with Crippen molar-refractivity contribution in [1.29, 1.82) is 0 Å². The molecule has 0 heterocycles. The predicted octanol–water partition coefficient (Wildman–Crippen LogP) is 3.80. The highest BCUT2D eigenvalue weighted by molar-refractivity contribution is 5.97. The number of esters is 1. The summed E-state index contributed by atoms with van der Waals surface area (Å²) in [6.45, 7) is 4.63. The number of carbonyl (C=O) groups excluding carboxylic acids is 2. The molecule has 124 valence electrons. The van der Waals surface area contributed by atoms with Gasteiger partial charge in [-0.3, -0.25) is 9.59 Å². The summed E-state index contributed by atoms with van der Waals surface area (Å²) in [7, 11) is 0. The highest BCUT2D eigenvalue weighted by Crippen LogP contribution is 2.30. The maximum absolute atomic E-state index is 12.3. The number of benzene rings is 1. The Balaban J connectivity index is 2.06. The molecular formula is C19H24O4. The second kappa shape index (κ2) is 8.51. The number of ketones is 1. The summed E-state index contributed by atoms with van der Waals surface area (Å²) >= 11 is 0. The van der Waals surface area contributed by atoms with Gasteiger partial charge in [0.2, 0.25) is 0 Å². The third kappa shape index (κ3) is 5.23. The summed E-state index contributed by atoms with van der Waals surface area (Å²) in [6.07, 6.45) is 1.89. The summed E-state index contributed by atoms with van der Waals surface area (Å²) < 4.78 is 10.9. The van der Waals surface area contributed by atoms with Gasteiger partial charge in [-0.05, 0) is 24.8 Å². The van der Waals surface area contributed by atoms with Gasteiger partial charge >= 0.3 is 5.97 Å². The van der Waals surface area contributed by atoms with E-state index >= 15 is 0 Å². The topological polar surface area (TPSA) is 52.6 Å². The van der Waals surface area contributed by atoms with E-state index in [0.29, 0.717) is 31.6 Å². The Morgan fingerprint density at radius 2 is 1.96 bits per heavy atom. The van der Waals surface area contributed by atoms with Gasteiger partial charge in [0.05, 0.1) is 6.61 Å². The van der Waals surface area contributed by atoms with Crippen molar-refractivity contribution in [3.63, 3.8) is 0 Å². The molecular weight excluding hydrogens is 292 g/mol. The molecule has 0 N–H and O–H groups in total. The molecule has 1 aromatic carbocycles. The van der Waals surface area contributed by atoms with Crippen molar-refractivity contribution in [2.24, 2.45) is 5.92 Å². The van der Waals surface area contributed by atoms with E-state index in [2.05, 4.69) is 0 Å². The molecule has 0 radical (unpaired) electrons. The first-order valence-electron chi connectivity index (χ1n) is 8.17. The zero-order chi connectivity index (χ0) is 16.7. The number of hydrogen-bond donors (Lipinski definition) is 0. The highest BCUT2D eigenvalue weighted by atomic mass is 16.5. The van der Waals surface area contributed by atoms with E-state index in [0.717, 1.165) is 17.7 Å². The van der Waals surface area contributed by atoms with Crippen LogP contribution in [0.3, 0.4) is 0 Å². The van der Waals surface area contributed by atoms with Gasteiger partial charge in [-0.2, -0.15) is 0 Å². The minimum Gasteiger partial charge on any atom is -0.493 e.